The zero-order chi connectivity index (χ0) is 12.8. The molecular weight excluding hydrogens is 230 g/mol. The van der Waals surface area contributed by atoms with Crippen LogP contribution in [-0.4, -0.2) is 44.3 Å². The summed E-state index contributed by atoms with van der Waals surface area (Å²) in [6.07, 6.45) is 5.78. The number of ether oxygens (including phenoxy) is 3. The van der Waals surface area contributed by atoms with Crippen molar-refractivity contribution in [2.24, 2.45) is 0 Å². The zero-order valence-corrected chi connectivity index (χ0v) is 11.7. The largest absolute Gasteiger partial charge is 0.375 e. The predicted molar refractivity (Wildman–Crippen MR) is 70.6 cm³/mol. The Balaban J connectivity index is 1.75. The fourth-order valence-electron chi connectivity index (χ4n) is 2.91. The molecule has 106 valence electrons. The summed E-state index contributed by atoms with van der Waals surface area (Å²) in [5.41, 5.74) is 0.104. The van der Waals surface area contributed by atoms with E-state index in [1.807, 2.05) is 0 Å². The van der Waals surface area contributed by atoms with Crippen LogP contribution in [0.4, 0.5) is 0 Å². The van der Waals surface area contributed by atoms with E-state index in [0.29, 0.717) is 18.9 Å². The number of hydrogen-bond donors (Lipinski definition) is 1. The Kier molecular flexibility index (Phi) is 5.42. The summed E-state index contributed by atoms with van der Waals surface area (Å²) in [6.45, 7) is 7.56. The minimum atomic E-state index is 0.104. The zero-order valence-electron chi connectivity index (χ0n) is 11.7. The van der Waals surface area contributed by atoms with Gasteiger partial charge in [0.05, 0.1) is 18.3 Å². The summed E-state index contributed by atoms with van der Waals surface area (Å²) in [4.78, 5) is 0. The standard InChI is InChI=1S/C14H27NO3/c1-3-14(4-2)9-12(5-8-18-14)15-10-13-6-7-16-11-17-13/h12-13,15H,3-11H2,1-2H3. The van der Waals surface area contributed by atoms with Crippen molar-refractivity contribution in [1.82, 2.24) is 5.32 Å². The normalized spacial score (nSPS) is 32.3. The second-order valence-electron chi connectivity index (χ2n) is 5.44. The van der Waals surface area contributed by atoms with Gasteiger partial charge in [0.25, 0.3) is 0 Å². The average Bonchev–Trinajstić information content (AvgIpc) is 2.46. The smallest absolute Gasteiger partial charge is 0.147 e. The van der Waals surface area contributed by atoms with Crippen LogP contribution in [0, 0.1) is 0 Å². The maximum atomic E-state index is 5.99. The molecule has 2 aliphatic heterocycles. The minimum Gasteiger partial charge on any atom is -0.375 e. The van der Waals surface area contributed by atoms with E-state index in [1.54, 1.807) is 0 Å². The summed E-state index contributed by atoms with van der Waals surface area (Å²) >= 11 is 0. The van der Waals surface area contributed by atoms with Crippen LogP contribution < -0.4 is 5.32 Å². The van der Waals surface area contributed by atoms with Crippen molar-refractivity contribution in [3.05, 3.63) is 0 Å². The average molecular weight is 257 g/mol. The molecule has 2 atom stereocenters. The fraction of sp³-hybridized carbons (Fsp3) is 1.00. The topological polar surface area (TPSA) is 39.7 Å². The Bertz CT molecular complexity index is 237. The van der Waals surface area contributed by atoms with E-state index in [1.165, 1.54) is 0 Å². The number of hydrogen-bond acceptors (Lipinski definition) is 4. The van der Waals surface area contributed by atoms with Crippen LogP contribution in [0.15, 0.2) is 0 Å². The van der Waals surface area contributed by atoms with Crippen molar-refractivity contribution in [2.45, 2.75) is 63.7 Å². The quantitative estimate of drug-likeness (QED) is 0.818. The van der Waals surface area contributed by atoms with E-state index in [9.17, 15) is 0 Å². The third-order valence-electron chi connectivity index (χ3n) is 4.39. The van der Waals surface area contributed by atoms with Gasteiger partial charge in [-0.2, -0.15) is 0 Å². The maximum absolute atomic E-state index is 5.99. The molecule has 0 amide bonds. The van der Waals surface area contributed by atoms with E-state index >= 15 is 0 Å². The second kappa shape index (κ2) is 6.85. The second-order valence-corrected chi connectivity index (χ2v) is 5.44. The van der Waals surface area contributed by atoms with Crippen LogP contribution >= 0.6 is 0 Å². The highest BCUT2D eigenvalue weighted by Gasteiger charge is 2.34. The Morgan fingerprint density at radius 2 is 2.00 bits per heavy atom. The molecule has 2 aliphatic rings. The van der Waals surface area contributed by atoms with Crippen molar-refractivity contribution in [3.8, 4) is 0 Å². The van der Waals surface area contributed by atoms with Gasteiger partial charge in [0, 0.05) is 19.2 Å². The Morgan fingerprint density at radius 3 is 2.67 bits per heavy atom. The molecule has 0 aromatic carbocycles. The van der Waals surface area contributed by atoms with Crippen LogP contribution in [0.25, 0.3) is 0 Å². The summed E-state index contributed by atoms with van der Waals surface area (Å²) in [5, 5.41) is 3.65. The molecule has 0 spiro atoms. The molecular formula is C14H27NO3. The Morgan fingerprint density at radius 1 is 1.17 bits per heavy atom. The lowest BCUT2D eigenvalue weighted by Gasteiger charge is -2.40. The molecule has 2 heterocycles. The lowest BCUT2D eigenvalue weighted by Crippen LogP contribution is -2.48. The monoisotopic (exact) mass is 257 g/mol. The number of rotatable bonds is 5. The van der Waals surface area contributed by atoms with Gasteiger partial charge >= 0.3 is 0 Å². The summed E-state index contributed by atoms with van der Waals surface area (Å²) in [7, 11) is 0. The molecule has 2 unspecified atom stereocenters. The van der Waals surface area contributed by atoms with Crippen molar-refractivity contribution >= 4 is 0 Å². The Labute approximate surface area is 110 Å². The summed E-state index contributed by atoms with van der Waals surface area (Å²) < 4.78 is 16.7. The first-order valence-electron chi connectivity index (χ1n) is 7.34. The lowest BCUT2D eigenvalue weighted by molar-refractivity contribution is -0.139. The molecule has 1 N–H and O–H groups in total. The fourth-order valence-corrected chi connectivity index (χ4v) is 2.91. The van der Waals surface area contributed by atoms with Crippen LogP contribution in [0.1, 0.15) is 46.0 Å². The third kappa shape index (κ3) is 3.67. The number of nitrogens with one attached hydrogen (secondary N) is 1. The van der Waals surface area contributed by atoms with Crippen molar-refractivity contribution in [3.63, 3.8) is 0 Å². The van der Waals surface area contributed by atoms with E-state index in [2.05, 4.69) is 19.2 Å². The predicted octanol–water partition coefficient (Wildman–Crippen LogP) is 2.08. The molecule has 0 bridgehead atoms. The molecule has 18 heavy (non-hydrogen) atoms. The van der Waals surface area contributed by atoms with E-state index in [-0.39, 0.29) is 5.60 Å². The first kappa shape index (κ1) is 14.3. The highest BCUT2D eigenvalue weighted by atomic mass is 16.7. The molecule has 2 rings (SSSR count). The summed E-state index contributed by atoms with van der Waals surface area (Å²) in [6, 6.07) is 0.574. The first-order chi connectivity index (χ1) is 8.78. The van der Waals surface area contributed by atoms with Gasteiger partial charge in [0.15, 0.2) is 0 Å². The van der Waals surface area contributed by atoms with Crippen LogP contribution in [0.5, 0.6) is 0 Å². The first-order valence-corrected chi connectivity index (χ1v) is 7.34. The van der Waals surface area contributed by atoms with Gasteiger partial charge in [-0.25, -0.2) is 0 Å². The van der Waals surface area contributed by atoms with E-state index < -0.39 is 0 Å². The molecule has 0 saturated carbocycles. The third-order valence-corrected chi connectivity index (χ3v) is 4.39. The molecule has 0 aromatic heterocycles. The van der Waals surface area contributed by atoms with Crippen molar-refractivity contribution in [1.29, 1.82) is 0 Å². The molecule has 0 radical (unpaired) electrons. The molecule has 4 nitrogen and oxygen atoms in total. The van der Waals surface area contributed by atoms with Gasteiger partial charge in [0.1, 0.15) is 6.79 Å². The van der Waals surface area contributed by atoms with Crippen LogP contribution in [0.2, 0.25) is 0 Å². The lowest BCUT2D eigenvalue weighted by atomic mass is 9.86. The highest BCUT2D eigenvalue weighted by molar-refractivity contribution is 4.88. The highest BCUT2D eigenvalue weighted by Crippen LogP contribution is 2.31. The van der Waals surface area contributed by atoms with Crippen LogP contribution in [-0.2, 0) is 14.2 Å². The van der Waals surface area contributed by atoms with Crippen molar-refractivity contribution in [2.75, 3.05) is 26.6 Å². The van der Waals surface area contributed by atoms with Gasteiger partial charge in [-0.05, 0) is 32.1 Å². The Hall–Kier alpha value is -0.160. The van der Waals surface area contributed by atoms with Gasteiger partial charge < -0.3 is 19.5 Å². The minimum absolute atomic E-state index is 0.104. The molecule has 0 aliphatic carbocycles. The van der Waals surface area contributed by atoms with E-state index in [0.717, 1.165) is 51.9 Å². The van der Waals surface area contributed by atoms with Crippen LogP contribution in [0.3, 0.4) is 0 Å². The van der Waals surface area contributed by atoms with Crippen molar-refractivity contribution < 1.29 is 14.2 Å². The van der Waals surface area contributed by atoms with E-state index in [4.69, 9.17) is 14.2 Å². The molecule has 0 aromatic rings. The van der Waals surface area contributed by atoms with Gasteiger partial charge in [-0.1, -0.05) is 13.8 Å². The molecule has 2 fully saturated rings. The maximum Gasteiger partial charge on any atom is 0.147 e. The molecule has 2 saturated heterocycles. The van der Waals surface area contributed by atoms with Gasteiger partial charge in [-0.15, -0.1) is 0 Å². The SMILES string of the molecule is CCC1(CC)CC(NCC2CCOCO2)CCO1. The van der Waals surface area contributed by atoms with Gasteiger partial charge in [-0.3, -0.25) is 0 Å². The summed E-state index contributed by atoms with van der Waals surface area (Å²) in [5.74, 6) is 0. The van der Waals surface area contributed by atoms with Gasteiger partial charge in [0.2, 0.25) is 0 Å². The molecule has 4 heteroatoms.